The molecule has 0 aliphatic carbocycles. The average Bonchev–Trinajstić information content (AvgIpc) is 2.59. The summed E-state index contributed by atoms with van der Waals surface area (Å²) in [6.45, 7) is 4.73. The molecule has 1 heterocycles. The standard InChI is InChI=1S/C17H26N2O3/c1-13(19-9-5-4-6-10-19)17(20)18-12-14-7-8-15(21-2)16(11-14)22-3/h7-8,11,13H,4-6,9-10,12H2,1-3H3,(H,18,20)/p+1/t13-/m1/s1. The summed E-state index contributed by atoms with van der Waals surface area (Å²) in [6.07, 6.45) is 3.74. The van der Waals surface area contributed by atoms with E-state index in [0.29, 0.717) is 18.0 Å². The van der Waals surface area contributed by atoms with Crippen molar-refractivity contribution in [3.8, 4) is 11.5 Å². The summed E-state index contributed by atoms with van der Waals surface area (Å²) in [7, 11) is 3.23. The van der Waals surface area contributed by atoms with Crippen molar-refractivity contribution in [2.45, 2.75) is 38.8 Å². The topological polar surface area (TPSA) is 52.0 Å². The van der Waals surface area contributed by atoms with Gasteiger partial charge in [-0.1, -0.05) is 6.07 Å². The predicted molar refractivity (Wildman–Crippen MR) is 85.4 cm³/mol. The highest BCUT2D eigenvalue weighted by atomic mass is 16.5. The van der Waals surface area contributed by atoms with Gasteiger partial charge in [0.15, 0.2) is 17.5 Å². The van der Waals surface area contributed by atoms with Gasteiger partial charge in [0.25, 0.3) is 5.91 Å². The SMILES string of the molecule is COc1ccc(CNC(=O)[C@@H](C)[NH+]2CCCCC2)cc1OC. The van der Waals surface area contributed by atoms with E-state index in [1.54, 1.807) is 14.2 Å². The van der Waals surface area contributed by atoms with Gasteiger partial charge in [0, 0.05) is 6.54 Å². The number of quaternary nitrogens is 1. The molecule has 1 aromatic rings. The minimum Gasteiger partial charge on any atom is -0.493 e. The van der Waals surface area contributed by atoms with Gasteiger partial charge in [-0.25, -0.2) is 0 Å². The highest BCUT2D eigenvalue weighted by Crippen LogP contribution is 2.27. The number of hydrogen-bond donors (Lipinski definition) is 2. The van der Waals surface area contributed by atoms with E-state index in [1.165, 1.54) is 24.2 Å². The zero-order chi connectivity index (χ0) is 15.9. The van der Waals surface area contributed by atoms with Crippen LogP contribution in [-0.4, -0.2) is 39.3 Å². The van der Waals surface area contributed by atoms with Gasteiger partial charge < -0.3 is 19.7 Å². The average molecular weight is 307 g/mol. The third kappa shape index (κ3) is 4.13. The summed E-state index contributed by atoms with van der Waals surface area (Å²) in [5.41, 5.74) is 1.01. The quantitative estimate of drug-likeness (QED) is 0.816. The summed E-state index contributed by atoms with van der Waals surface area (Å²) in [5, 5.41) is 3.03. The van der Waals surface area contributed by atoms with Crippen LogP contribution in [0.25, 0.3) is 0 Å². The Bertz CT molecular complexity index is 499. The molecular formula is C17H27N2O3+. The first kappa shape index (κ1) is 16.6. The second kappa shape index (κ2) is 8.03. The molecule has 1 fully saturated rings. The van der Waals surface area contributed by atoms with Gasteiger partial charge in [0.05, 0.1) is 27.3 Å². The summed E-state index contributed by atoms with van der Waals surface area (Å²) in [6, 6.07) is 5.72. The van der Waals surface area contributed by atoms with Crippen LogP contribution < -0.4 is 19.7 Å². The number of methoxy groups -OCH3 is 2. The molecule has 5 heteroatoms. The van der Waals surface area contributed by atoms with Crippen molar-refractivity contribution in [2.24, 2.45) is 0 Å². The lowest BCUT2D eigenvalue weighted by Gasteiger charge is -2.28. The minimum absolute atomic E-state index is 0.0143. The van der Waals surface area contributed by atoms with Crippen molar-refractivity contribution in [3.05, 3.63) is 23.8 Å². The van der Waals surface area contributed by atoms with E-state index < -0.39 is 0 Å². The molecule has 1 aliphatic rings. The van der Waals surface area contributed by atoms with E-state index in [1.807, 2.05) is 25.1 Å². The number of benzene rings is 1. The number of carbonyl (C=O) groups excluding carboxylic acids is 1. The van der Waals surface area contributed by atoms with E-state index in [9.17, 15) is 4.79 Å². The highest BCUT2D eigenvalue weighted by molar-refractivity contribution is 5.79. The van der Waals surface area contributed by atoms with E-state index in [-0.39, 0.29) is 11.9 Å². The first-order valence-corrected chi connectivity index (χ1v) is 7.99. The van der Waals surface area contributed by atoms with Gasteiger partial charge in [-0.05, 0) is 43.9 Å². The van der Waals surface area contributed by atoms with Crippen LogP contribution in [0.4, 0.5) is 0 Å². The normalized spacial score (nSPS) is 16.9. The number of hydrogen-bond acceptors (Lipinski definition) is 3. The molecule has 0 aromatic heterocycles. The Balaban J connectivity index is 1.90. The molecule has 0 radical (unpaired) electrons. The summed E-state index contributed by atoms with van der Waals surface area (Å²) < 4.78 is 10.5. The molecule has 1 aromatic carbocycles. The van der Waals surface area contributed by atoms with E-state index in [0.717, 1.165) is 18.7 Å². The molecule has 2 N–H and O–H groups in total. The zero-order valence-electron chi connectivity index (χ0n) is 13.8. The van der Waals surface area contributed by atoms with Crippen LogP contribution in [0, 0.1) is 0 Å². The van der Waals surface area contributed by atoms with Crippen molar-refractivity contribution in [1.82, 2.24) is 5.32 Å². The summed E-state index contributed by atoms with van der Waals surface area (Å²) in [5.74, 6) is 1.50. The fourth-order valence-electron chi connectivity index (χ4n) is 2.96. The first-order valence-electron chi connectivity index (χ1n) is 7.99. The van der Waals surface area contributed by atoms with Crippen LogP contribution in [0.1, 0.15) is 31.7 Å². The smallest absolute Gasteiger partial charge is 0.278 e. The molecule has 1 aliphatic heterocycles. The molecule has 22 heavy (non-hydrogen) atoms. The number of carbonyl (C=O) groups is 1. The van der Waals surface area contributed by atoms with Crippen molar-refractivity contribution in [2.75, 3.05) is 27.3 Å². The molecule has 0 spiro atoms. The molecule has 0 saturated carbocycles. The molecule has 0 unspecified atom stereocenters. The van der Waals surface area contributed by atoms with E-state index in [2.05, 4.69) is 5.32 Å². The Morgan fingerprint density at radius 3 is 2.50 bits per heavy atom. The molecule has 2 rings (SSSR count). The number of ether oxygens (including phenoxy) is 2. The fraction of sp³-hybridized carbons (Fsp3) is 0.588. The second-order valence-electron chi connectivity index (χ2n) is 5.85. The maximum Gasteiger partial charge on any atom is 0.278 e. The van der Waals surface area contributed by atoms with Gasteiger partial charge >= 0.3 is 0 Å². The molecule has 1 amide bonds. The van der Waals surface area contributed by atoms with Crippen LogP contribution in [-0.2, 0) is 11.3 Å². The molecule has 5 nitrogen and oxygen atoms in total. The number of rotatable bonds is 6. The third-order valence-electron chi connectivity index (χ3n) is 4.42. The van der Waals surface area contributed by atoms with Crippen LogP contribution in [0.5, 0.6) is 11.5 Å². The number of nitrogens with one attached hydrogen (secondary N) is 2. The summed E-state index contributed by atoms with van der Waals surface area (Å²) in [4.78, 5) is 13.7. The maximum atomic E-state index is 12.3. The van der Waals surface area contributed by atoms with Gasteiger partial charge in [0.2, 0.25) is 0 Å². The molecule has 1 saturated heterocycles. The van der Waals surface area contributed by atoms with Crippen molar-refractivity contribution in [1.29, 1.82) is 0 Å². The molecular weight excluding hydrogens is 280 g/mol. The van der Waals surface area contributed by atoms with Crippen LogP contribution in [0.3, 0.4) is 0 Å². The fourth-order valence-corrected chi connectivity index (χ4v) is 2.96. The van der Waals surface area contributed by atoms with Crippen molar-refractivity contribution >= 4 is 5.91 Å². The minimum atomic E-state index is 0.0143. The number of likely N-dealkylation sites (tertiary alicyclic amines) is 1. The highest BCUT2D eigenvalue weighted by Gasteiger charge is 2.26. The second-order valence-corrected chi connectivity index (χ2v) is 5.85. The van der Waals surface area contributed by atoms with Crippen LogP contribution in [0.15, 0.2) is 18.2 Å². The predicted octanol–water partition coefficient (Wildman–Crippen LogP) is 0.777. The third-order valence-corrected chi connectivity index (χ3v) is 4.42. The molecule has 122 valence electrons. The molecule has 0 bridgehead atoms. The van der Waals surface area contributed by atoms with E-state index >= 15 is 0 Å². The monoisotopic (exact) mass is 307 g/mol. The lowest BCUT2D eigenvalue weighted by molar-refractivity contribution is -0.918. The van der Waals surface area contributed by atoms with Gasteiger partial charge in [0.1, 0.15) is 0 Å². The largest absolute Gasteiger partial charge is 0.493 e. The zero-order valence-corrected chi connectivity index (χ0v) is 13.8. The summed E-state index contributed by atoms with van der Waals surface area (Å²) >= 11 is 0. The van der Waals surface area contributed by atoms with Gasteiger partial charge in [-0.2, -0.15) is 0 Å². The number of piperidine rings is 1. The Morgan fingerprint density at radius 2 is 1.86 bits per heavy atom. The van der Waals surface area contributed by atoms with Crippen LogP contribution >= 0.6 is 0 Å². The number of amides is 1. The Morgan fingerprint density at radius 1 is 1.18 bits per heavy atom. The van der Waals surface area contributed by atoms with Crippen molar-refractivity contribution in [3.63, 3.8) is 0 Å². The Hall–Kier alpha value is -1.75. The van der Waals surface area contributed by atoms with Gasteiger partial charge in [-0.3, -0.25) is 4.79 Å². The maximum absolute atomic E-state index is 12.3. The van der Waals surface area contributed by atoms with Crippen molar-refractivity contribution < 1.29 is 19.2 Å². The Labute approximate surface area is 132 Å². The molecule has 1 atom stereocenters. The van der Waals surface area contributed by atoms with Gasteiger partial charge in [-0.15, -0.1) is 0 Å². The lowest BCUT2D eigenvalue weighted by Crippen LogP contribution is -3.17. The van der Waals surface area contributed by atoms with Crippen LogP contribution in [0.2, 0.25) is 0 Å². The Kier molecular flexibility index (Phi) is 6.07. The lowest BCUT2D eigenvalue weighted by atomic mass is 10.1. The first-order chi connectivity index (χ1) is 10.7. The van der Waals surface area contributed by atoms with E-state index in [4.69, 9.17) is 9.47 Å².